The van der Waals surface area contributed by atoms with E-state index in [9.17, 15) is 4.79 Å². The second-order valence-electron chi connectivity index (χ2n) is 5.64. The fourth-order valence-corrected chi connectivity index (χ4v) is 2.58. The molecule has 114 valence electrons. The average Bonchev–Trinajstić information content (AvgIpc) is 2.43. The van der Waals surface area contributed by atoms with Gasteiger partial charge in [-0.15, -0.1) is 0 Å². The highest BCUT2D eigenvalue weighted by molar-refractivity contribution is 9.10. The van der Waals surface area contributed by atoms with E-state index in [1.165, 1.54) is 5.56 Å². The minimum atomic E-state index is 0.0861. The Morgan fingerprint density at radius 3 is 2.59 bits per heavy atom. The number of aromatic nitrogens is 1. The number of rotatable bonds is 4. The minimum Gasteiger partial charge on any atom is -0.354 e. The number of carbonyl (C=O) groups excluding carboxylic acids is 1. The number of carbonyl (C=O) groups is 1. The Morgan fingerprint density at radius 1 is 1.23 bits per heavy atom. The van der Waals surface area contributed by atoms with Gasteiger partial charge in [0.05, 0.1) is 11.9 Å². The van der Waals surface area contributed by atoms with E-state index in [2.05, 4.69) is 37.6 Å². The maximum absolute atomic E-state index is 11.9. The molecule has 1 aromatic carbocycles. The molecule has 5 heteroatoms. The molecule has 0 unspecified atom stereocenters. The van der Waals surface area contributed by atoms with Crippen LogP contribution in [0.15, 0.2) is 41.0 Å². The largest absolute Gasteiger partial charge is 0.354 e. The fraction of sp³-hybridized carbons (Fsp3) is 0.294. The van der Waals surface area contributed by atoms with Gasteiger partial charge in [0.2, 0.25) is 5.91 Å². The third-order valence-corrected chi connectivity index (χ3v) is 4.83. The first-order valence-electron chi connectivity index (χ1n) is 7.42. The molecular formula is C17H18BrN3O. The molecule has 0 spiro atoms. The van der Waals surface area contributed by atoms with E-state index in [0.29, 0.717) is 5.82 Å². The molecule has 4 nitrogen and oxygen atoms in total. The van der Waals surface area contributed by atoms with E-state index in [-0.39, 0.29) is 11.8 Å². The third-order valence-electron chi connectivity index (χ3n) is 3.94. The quantitative estimate of drug-likeness (QED) is 0.836. The van der Waals surface area contributed by atoms with E-state index in [4.69, 9.17) is 0 Å². The third kappa shape index (κ3) is 3.47. The van der Waals surface area contributed by atoms with Crippen molar-refractivity contribution in [3.63, 3.8) is 0 Å². The molecule has 2 aromatic rings. The van der Waals surface area contributed by atoms with Crippen molar-refractivity contribution >= 4 is 39.0 Å². The first-order chi connectivity index (χ1) is 10.6. The van der Waals surface area contributed by atoms with Gasteiger partial charge in [-0.3, -0.25) is 4.79 Å². The Bertz CT molecular complexity index is 681. The molecular weight excluding hydrogens is 342 g/mol. The van der Waals surface area contributed by atoms with Crippen molar-refractivity contribution in [1.29, 1.82) is 0 Å². The Labute approximate surface area is 138 Å². The molecule has 1 aromatic heterocycles. The van der Waals surface area contributed by atoms with Crippen LogP contribution in [0.5, 0.6) is 0 Å². The predicted octanol–water partition coefficient (Wildman–Crippen LogP) is 4.63. The van der Waals surface area contributed by atoms with Gasteiger partial charge < -0.3 is 10.6 Å². The number of hydrogen-bond acceptors (Lipinski definition) is 3. The first-order valence-corrected chi connectivity index (χ1v) is 8.21. The van der Waals surface area contributed by atoms with Crippen LogP contribution in [0.3, 0.4) is 0 Å². The molecule has 0 bridgehead atoms. The highest BCUT2D eigenvalue weighted by Gasteiger charge is 2.25. The van der Waals surface area contributed by atoms with Crippen LogP contribution < -0.4 is 10.6 Å². The summed E-state index contributed by atoms with van der Waals surface area (Å²) in [6, 6.07) is 9.82. The van der Waals surface area contributed by atoms with Crippen LogP contribution in [0.2, 0.25) is 0 Å². The number of hydrogen-bond donors (Lipinski definition) is 2. The molecule has 1 amide bonds. The second-order valence-corrected chi connectivity index (χ2v) is 6.49. The summed E-state index contributed by atoms with van der Waals surface area (Å²) in [5.74, 6) is 0.864. The number of benzene rings is 1. The zero-order valence-electron chi connectivity index (χ0n) is 12.4. The van der Waals surface area contributed by atoms with Gasteiger partial charge in [0, 0.05) is 16.1 Å². The van der Waals surface area contributed by atoms with Crippen molar-refractivity contribution in [2.75, 3.05) is 10.6 Å². The predicted molar refractivity (Wildman–Crippen MR) is 92.4 cm³/mol. The highest BCUT2D eigenvalue weighted by atomic mass is 79.9. The molecule has 22 heavy (non-hydrogen) atoms. The number of nitrogens with one attached hydrogen (secondary N) is 2. The van der Waals surface area contributed by atoms with Crippen molar-refractivity contribution in [3.8, 4) is 0 Å². The summed E-state index contributed by atoms with van der Waals surface area (Å²) in [5, 5.41) is 6.17. The van der Waals surface area contributed by atoms with Gasteiger partial charge in [-0.05, 0) is 55.7 Å². The molecule has 1 saturated carbocycles. The lowest BCUT2D eigenvalue weighted by Gasteiger charge is -2.23. The molecule has 1 fully saturated rings. The van der Waals surface area contributed by atoms with Gasteiger partial charge in [-0.2, -0.15) is 0 Å². The van der Waals surface area contributed by atoms with E-state index in [0.717, 1.165) is 35.1 Å². The average molecular weight is 360 g/mol. The van der Waals surface area contributed by atoms with E-state index >= 15 is 0 Å². The number of pyridine rings is 1. The minimum absolute atomic E-state index is 0.0861. The normalized spacial score (nSPS) is 14.3. The maximum atomic E-state index is 11.9. The zero-order chi connectivity index (χ0) is 15.5. The van der Waals surface area contributed by atoms with Crippen LogP contribution in [0.1, 0.15) is 24.8 Å². The molecule has 1 heterocycles. The van der Waals surface area contributed by atoms with Gasteiger partial charge >= 0.3 is 0 Å². The van der Waals surface area contributed by atoms with Crippen LogP contribution in [-0.4, -0.2) is 10.9 Å². The molecule has 1 aliphatic rings. The molecule has 3 rings (SSSR count). The second kappa shape index (κ2) is 6.48. The Morgan fingerprint density at radius 2 is 2.00 bits per heavy atom. The number of nitrogens with zero attached hydrogens (tertiary/aromatic N) is 1. The zero-order valence-corrected chi connectivity index (χ0v) is 14.0. The van der Waals surface area contributed by atoms with E-state index in [1.54, 1.807) is 6.20 Å². The van der Waals surface area contributed by atoms with Crippen molar-refractivity contribution in [1.82, 2.24) is 4.98 Å². The maximum Gasteiger partial charge on any atom is 0.228 e. The Kier molecular flexibility index (Phi) is 4.43. The topological polar surface area (TPSA) is 54.0 Å². The van der Waals surface area contributed by atoms with Gasteiger partial charge in [0.15, 0.2) is 0 Å². The van der Waals surface area contributed by atoms with Crippen LogP contribution in [0.4, 0.5) is 17.2 Å². The van der Waals surface area contributed by atoms with Gasteiger partial charge in [-0.1, -0.05) is 22.4 Å². The number of anilines is 3. The molecule has 0 aliphatic heterocycles. The molecule has 1 aliphatic carbocycles. The summed E-state index contributed by atoms with van der Waals surface area (Å²) in [6.45, 7) is 2.05. The van der Waals surface area contributed by atoms with E-state index < -0.39 is 0 Å². The van der Waals surface area contributed by atoms with Gasteiger partial charge in [0.1, 0.15) is 5.82 Å². The number of halogens is 1. The summed E-state index contributed by atoms with van der Waals surface area (Å²) < 4.78 is 1.09. The summed E-state index contributed by atoms with van der Waals surface area (Å²) >= 11 is 3.49. The standard InChI is InChI=1S/C17H18BrN3O/c1-11-9-13(5-7-15(11)18)20-14-6-8-16(19-10-14)21-17(22)12-3-2-4-12/h5-10,12,20H,2-4H2,1H3,(H,19,21,22). The van der Waals surface area contributed by atoms with Gasteiger partial charge in [-0.25, -0.2) is 4.98 Å². The Hall–Kier alpha value is -1.88. The molecule has 0 radical (unpaired) electrons. The fourth-order valence-electron chi connectivity index (χ4n) is 2.33. The van der Waals surface area contributed by atoms with Crippen molar-refractivity contribution in [3.05, 3.63) is 46.6 Å². The highest BCUT2D eigenvalue weighted by Crippen LogP contribution is 2.27. The number of aryl methyl sites for hydroxylation is 1. The summed E-state index contributed by atoms with van der Waals surface area (Å²) in [6.07, 6.45) is 4.87. The molecule has 2 N–H and O–H groups in total. The summed E-state index contributed by atoms with van der Waals surface area (Å²) in [7, 11) is 0. The van der Waals surface area contributed by atoms with E-state index in [1.807, 2.05) is 31.2 Å². The molecule has 0 saturated heterocycles. The van der Waals surface area contributed by atoms with Crippen LogP contribution in [-0.2, 0) is 4.79 Å². The Balaban J connectivity index is 1.63. The lowest BCUT2D eigenvalue weighted by Crippen LogP contribution is -2.28. The van der Waals surface area contributed by atoms with Crippen molar-refractivity contribution < 1.29 is 4.79 Å². The van der Waals surface area contributed by atoms with Crippen molar-refractivity contribution in [2.24, 2.45) is 5.92 Å². The van der Waals surface area contributed by atoms with Crippen LogP contribution >= 0.6 is 15.9 Å². The lowest BCUT2D eigenvalue weighted by atomic mass is 9.85. The first kappa shape index (κ1) is 15.0. The number of amides is 1. The lowest BCUT2D eigenvalue weighted by molar-refractivity contribution is -0.122. The molecule has 0 atom stereocenters. The SMILES string of the molecule is Cc1cc(Nc2ccc(NC(=O)C3CCC3)nc2)ccc1Br. The van der Waals surface area contributed by atoms with Crippen LogP contribution in [0, 0.1) is 12.8 Å². The summed E-state index contributed by atoms with van der Waals surface area (Å²) in [5.41, 5.74) is 3.07. The monoisotopic (exact) mass is 359 g/mol. The van der Waals surface area contributed by atoms with Crippen LogP contribution in [0.25, 0.3) is 0 Å². The summed E-state index contributed by atoms with van der Waals surface area (Å²) in [4.78, 5) is 16.2. The smallest absolute Gasteiger partial charge is 0.228 e. The van der Waals surface area contributed by atoms with Crippen molar-refractivity contribution in [2.45, 2.75) is 26.2 Å². The van der Waals surface area contributed by atoms with Gasteiger partial charge in [0.25, 0.3) is 0 Å².